The van der Waals surface area contributed by atoms with Crippen LogP contribution in [0.5, 0.6) is 5.75 Å². The molecule has 3 rings (SSSR count). The molecular weight excluding hydrogens is 286 g/mol. The highest BCUT2D eigenvalue weighted by Crippen LogP contribution is 2.19. The van der Waals surface area contributed by atoms with Crippen molar-refractivity contribution < 1.29 is 14.3 Å². The van der Waals surface area contributed by atoms with Crippen LogP contribution in [0.1, 0.15) is 30.5 Å². The molecule has 7 heteroatoms. The Morgan fingerprint density at radius 2 is 2.14 bits per heavy atom. The minimum absolute atomic E-state index is 0.132. The molecule has 0 aliphatic carbocycles. The third kappa shape index (κ3) is 2.49. The van der Waals surface area contributed by atoms with Gasteiger partial charge in [-0.05, 0) is 25.0 Å². The predicted octanol–water partition coefficient (Wildman–Crippen LogP) is 1.04. The van der Waals surface area contributed by atoms with Gasteiger partial charge in [0.15, 0.2) is 0 Å². The van der Waals surface area contributed by atoms with E-state index in [1.54, 1.807) is 18.2 Å². The summed E-state index contributed by atoms with van der Waals surface area (Å²) in [5, 5.41) is 5.67. The Bertz CT molecular complexity index is 790. The molecule has 0 radical (unpaired) electrons. The molecular formula is C15H17N3O4. The Balaban J connectivity index is 2.03. The Morgan fingerprint density at radius 3 is 2.91 bits per heavy atom. The fraction of sp³-hybridized carbons (Fsp3) is 0.400. The summed E-state index contributed by atoms with van der Waals surface area (Å²) in [6.45, 7) is 0. The maximum atomic E-state index is 12.7. The van der Waals surface area contributed by atoms with Gasteiger partial charge < -0.3 is 10.1 Å². The van der Waals surface area contributed by atoms with Crippen LogP contribution in [0.4, 0.5) is 0 Å². The number of amides is 1. The number of fused-ring (bicyclic) bond motifs is 1. The summed E-state index contributed by atoms with van der Waals surface area (Å²) in [7, 11) is 1.52. The number of nitrogens with zero attached hydrogens (tertiary/aromatic N) is 1. The fourth-order valence-electron chi connectivity index (χ4n) is 2.72. The lowest BCUT2D eigenvalue weighted by Crippen LogP contribution is -2.42. The molecule has 1 aromatic heterocycles. The number of nitrogens with one attached hydrogen (secondary N) is 2. The molecule has 1 aliphatic heterocycles. The fourth-order valence-corrected chi connectivity index (χ4v) is 2.72. The highest BCUT2D eigenvalue weighted by atomic mass is 16.5. The topological polar surface area (TPSA) is 93.2 Å². The summed E-state index contributed by atoms with van der Waals surface area (Å²) in [5.74, 6) is 0.0841. The zero-order chi connectivity index (χ0) is 15.7. The lowest BCUT2D eigenvalue weighted by Gasteiger charge is -2.15. The van der Waals surface area contributed by atoms with Crippen LogP contribution in [-0.4, -0.2) is 34.7 Å². The molecule has 2 heterocycles. The molecule has 1 atom stereocenters. The number of aromatic amines is 1. The summed E-state index contributed by atoms with van der Waals surface area (Å²) >= 11 is 0. The van der Waals surface area contributed by atoms with Gasteiger partial charge in [-0.25, -0.2) is 4.68 Å². The quantitative estimate of drug-likeness (QED) is 0.866. The molecule has 1 fully saturated rings. The van der Waals surface area contributed by atoms with Crippen LogP contribution in [0, 0.1) is 0 Å². The van der Waals surface area contributed by atoms with E-state index in [1.807, 2.05) is 0 Å². The molecule has 7 nitrogen and oxygen atoms in total. The number of carbonyl (C=O) groups is 2. The van der Waals surface area contributed by atoms with E-state index in [0.717, 1.165) is 12.8 Å². The first-order valence-corrected chi connectivity index (χ1v) is 7.22. The smallest absolute Gasteiger partial charge is 0.272 e. The number of benzene rings is 1. The molecule has 1 saturated heterocycles. The molecule has 1 aliphatic rings. The first-order valence-electron chi connectivity index (χ1n) is 7.22. The summed E-state index contributed by atoms with van der Waals surface area (Å²) < 4.78 is 6.34. The average Bonchev–Trinajstić information content (AvgIpc) is 2.70. The zero-order valence-electron chi connectivity index (χ0n) is 12.2. The third-order valence-corrected chi connectivity index (χ3v) is 3.90. The minimum atomic E-state index is -0.618. The Labute approximate surface area is 126 Å². The summed E-state index contributed by atoms with van der Waals surface area (Å²) in [5.41, 5.74) is 0.110. The lowest BCUT2D eigenvalue weighted by atomic mass is 10.1. The second kappa shape index (κ2) is 5.67. The van der Waals surface area contributed by atoms with Gasteiger partial charge >= 0.3 is 0 Å². The first-order chi connectivity index (χ1) is 10.6. The standard InChI is InChI=1S/C15H17N3O4/c1-22-9-6-7-10-12(8-9)18(17-14(10)20)15(21)11-4-2-3-5-13(19)16-11/h6-8,11H,2-5H2,1H3,(H,16,19)(H,17,20)/t11-/m1/s1. The summed E-state index contributed by atoms with van der Waals surface area (Å²) in [4.78, 5) is 36.3. The van der Waals surface area contributed by atoms with Crippen molar-refractivity contribution in [2.75, 3.05) is 7.11 Å². The molecule has 0 unspecified atom stereocenters. The number of hydrogen-bond donors (Lipinski definition) is 2. The van der Waals surface area contributed by atoms with Crippen LogP contribution in [0.3, 0.4) is 0 Å². The Kier molecular flexibility index (Phi) is 3.70. The van der Waals surface area contributed by atoms with E-state index >= 15 is 0 Å². The predicted molar refractivity (Wildman–Crippen MR) is 80.1 cm³/mol. The van der Waals surface area contributed by atoms with Gasteiger partial charge in [-0.3, -0.25) is 19.5 Å². The van der Waals surface area contributed by atoms with Crippen molar-refractivity contribution in [3.8, 4) is 5.75 Å². The van der Waals surface area contributed by atoms with E-state index in [9.17, 15) is 14.4 Å². The second-order valence-electron chi connectivity index (χ2n) is 5.36. The monoisotopic (exact) mass is 303 g/mol. The van der Waals surface area contributed by atoms with Gasteiger partial charge in [-0.2, -0.15) is 0 Å². The van der Waals surface area contributed by atoms with Crippen molar-refractivity contribution in [1.29, 1.82) is 0 Å². The van der Waals surface area contributed by atoms with E-state index in [1.165, 1.54) is 11.8 Å². The van der Waals surface area contributed by atoms with Gasteiger partial charge in [-0.1, -0.05) is 6.42 Å². The summed E-state index contributed by atoms with van der Waals surface area (Å²) in [6, 6.07) is 4.29. The second-order valence-corrected chi connectivity index (χ2v) is 5.36. The number of hydrogen-bond acceptors (Lipinski definition) is 4. The van der Waals surface area contributed by atoms with Gasteiger partial charge in [0.05, 0.1) is 18.0 Å². The van der Waals surface area contributed by atoms with Gasteiger partial charge in [0.1, 0.15) is 11.8 Å². The van der Waals surface area contributed by atoms with E-state index in [4.69, 9.17) is 4.74 Å². The molecule has 0 saturated carbocycles. The number of aromatic nitrogens is 2. The molecule has 0 spiro atoms. The molecule has 2 N–H and O–H groups in total. The van der Waals surface area contributed by atoms with Crippen LogP contribution in [0.2, 0.25) is 0 Å². The van der Waals surface area contributed by atoms with Gasteiger partial charge in [0, 0.05) is 12.5 Å². The highest BCUT2D eigenvalue weighted by molar-refractivity contribution is 5.95. The lowest BCUT2D eigenvalue weighted by molar-refractivity contribution is -0.121. The molecule has 116 valence electrons. The van der Waals surface area contributed by atoms with Crippen molar-refractivity contribution in [3.63, 3.8) is 0 Å². The molecule has 1 aromatic carbocycles. The van der Waals surface area contributed by atoms with Gasteiger partial charge in [0.2, 0.25) is 5.91 Å². The van der Waals surface area contributed by atoms with E-state index in [-0.39, 0.29) is 17.4 Å². The normalized spacial score (nSPS) is 18.8. The third-order valence-electron chi connectivity index (χ3n) is 3.90. The number of rotatable bonds is 2. The van der Waals surface area contributed by atoms with Gasteiger partial charge in [-0.15, -0.1) is 0 Å². The number of carbonyl (C=O) groups excluding carboxylic acids is 2. The Morgan fingerprint density at radius 1 is 1.32 bits per heavy atom. The largest absolute Gasteiger partial charge is 0.497 e. The van der Waals surface area contributed by atoms with Crippen LogP contribution >= 0.6 is 0 Å². The van der Waals surface area contributed by atoms with Crippen molar-refractivity contribution in [1.82, 2.24) is 15.1 Å². The van der Waals surface area contributed by atoms with Crippen LogP contribution in [-0.2, 0) is 4.79 Å². The molecule has 22 heavy (non-hydrogen) atoms. The number of H-pyrrole nitrogens is 1. The van der Waals surface area contributed by atoms with Gasteiger partial charge in [0.25, 0.3) is 11.5 Å². The van der Waals surface area contributed by atoms with E-state index in [0.29, 0.717) is 29.5 Å². The van der Waals surface area contributed by atoms with Crippen molar-refractivity contribution >= 4 is 22.7 Å². The highest BCUT2D eigenvalue weighted by Gasteiger charge is 2.26. The molecule has 2 aromatic rings. The minimum Gasteiger partial charge on any atom is -0.497 e. The molecule has 0 bridgehead atoms. The first kappa shape index (κ1) is 14.4. The van der Waals surface area contributed by atoms with Crippen molar-refractivity contribution in [3.05, 3.63) is 28.6 Å². The van der Waals surface area contributed by atoms with Crippen LogP contribution < -0.4 is 15.6 Å². The zero-order valence-corrected chi connectivity index (χ0v) is 12.2. The maximum absolute atomic E-state index is 12.7. The van der Waals surface area contributed by atoms with Crippen LogP contribution in [0.15, 0.2) is 23.0 Å². The SMILES string of the molecule is COc1ccc2c(=O)[nH]n(C(=O)[C@H]3CCCCC(=O)N3)c2c1. The van der Waals surface area contributed by atoms with E-state index < -0.39 is 6.04 Å². The molecule has 1 amide bonds. The van der Waals surface area contributed by atoms with Crippen molar-refractivity contribution in [2.45, 2.75) is 31.7 Å². The Hall–Kier alpha value is -2.57. The van der Waals surface area contributed by atoms with Crippen molar-refractivity contribution in [2.24, 2.45) is 0 Å². The summed E-state index contributed by atoms with van der Waals surface area (Å²) in [6.07, 6.45) is 2.56. The van der Waals surface area contributed by atoms with Crippen LogP contribution in [0.25, 0.3) is 10.9 Å². The van der Waals surface area contributed by atoms with E-state index in [2.05, 4.69) is 10.4 Å². The number of methoxy groups -OCH3 is 1. The average molecular weight is 303 g/mol. The number of ether oxygens (including phenoxy) is 1. The maximum Gasteiger partial charge on any atom is 0.272 e.